The first-order chi connectivity index (χ1) is 8.64. The van der Waals surface area contributed by atoms with E-state index in [4.69, 9.17) is 0 Å². The summed E-state index contributed by atoms with van der Waals surface area (Å²) in [6, 6.07) is 4.73. The van der Waals surface area contributed by atoms with Gasteiger partial charge in [0.05, 0.1) is 5.69 Å². The number of rotatable bonds is 4. The highest BCUT2D eigenvalue weighted by Crippen LogP contribution is 2.39. The van der Waals surface area contributed by atoms with E-state index in [-0.39, 0.29) is 5.82 Å². The Balaban J connectivity index is 2.21. The van der Waals surface area contributed by atoms with Gasteiger partial charge in [-0.1, -0.05) is 13.8 Å². The molecule has 0 amide bonds. The van der Waals surface area contributed by atoms with E-state index < -0.39 is 0 Å². The summed E-state index contributed by atoms with van der Waals surface area (Å²) in [5, 5.41) is 0. The first-order valence-electron chi connectivity index (χ1n) is 6.64. The molecule has 1 aromatic carbocycles. The molecule has 0 unspecified atom stereocenters. The number of halogens is 1. The van der Waals surface area contributed by atoms with E-state index in [1.165, 1.54) is 6.07 Å². The van der Waals surface area contributed by atoms with Crippen LogP contribution in [-0.2, 0) is 0 Å². The summed E-state index contributed by atoms with van der Waals surface area (Å²) >= 11 is 0. The number of carbonyl (C=O) groups is 1. The average Bonchev–Trinajstić information content (AvgIpc) is 2.83. The first-order valence-corrected chi connectivity index (χ1v) is 6.64. The van der Waals surface area contributed by atoms with Gasteiger partial charge in [0.25, 0.3) is 0 Å². The summed E-state index contributed by atoms with van der Waals surface area (Å²) < 4.78 is 13.9. The normalized spacial score (nSPS) is 18.1. The minimum absolute atomic E-state index is 0.289. The molecule has 2 rings (SSSR count). The number of carbonyl (C=O) groups excluding carboxylic acids is 1. The largest absolute Gasteiger partial charge is 0.369 e. The lowest BCUT2D eigenvalue weighted by Crippen LogP contribution is -2.26. The topological polar surface area (TPSA) is 20.3 Å². The highest BCUT2D eigenvalue weighted by Gasteiger charge is 2.35. The van der Waals surface area contributed by atoms with E-state index in [2.05, 4.69) is 18.7 Å². The monoisotopic (exact) mass is 249 g/mol. The van der Waals surface area contributed by atoms with Gasteiger partial charge in [-0.05, 0) is 42.9 Å². The van der Waals surface area contributed by atoms with Crippen LogP contribution in [0.2, 0.25) is 0 Å². The van der Waals surface area contributed by atoms with E-state index >= 15 is 0 Å². The van der Waals surface area contributed by atoms with Gasteiger partial charge in [-0.25, -0.2) is 4.39 Å². The molecule has 0 aromatic heterocycles. The third-order valence-corrected chi connectivity index (χ3v) is 4.39. The molecule has 1 aliphatic rings. The highest BCUT2D eigenvalue weighted by molar-refractivity contribution is 5.76. The third kappa shape index (κ3) is 2.26. The molecule has 1 aromatic rings. The summed E-state index contributed by atoms with van der Waals surface area (Å²) in [6.45, 7) is 6.23. The van der Waals surface area contributed by atoms with E-state index in [1.807, 2.05) is 0 Å². The molecule has 0 spiro atoms. The van der Waals surface area contributed by atoms with E-state index in [0.29, 0.717) is 23.0 Å². The second-order valence-corrected chi connectivity index (χ2v) is 5.21. The molecule has 0 bridgehead atoms. The summed E-state index contributed by atoms with van der Waals surface area (Å²) in [7, 11) is 0. The molecule has 0 saturated carbocycles. The Hall–Kier alpha value is -1.38. The molecule has 3 heteroatoms. The maximum absolute atomic E-state index is 13.9. The van der Waals surface area contributed by atoms with Gasteiger partial charge in [0.2, 0.25) is 0 Å². The van der Waals surface area contributed by atoms with Crippen LogP contribution in [0, 0.1) is 11.2 Å². The Bertz CT molecular complexity index is 440. The minimum atomic E-state index is -0.289. The number of aldehydes is 1. The van der Waals surface area contributed by atoms with Gasteiger partial charge in [0, 0.05) is 18.7 Å². The van der Waals surface area contributed by atoms with Crippen LogP contribution in [0.25, 0.3) is 0 Å². The third-order valence-electron chi connectivity index (χ3n) is 4.39. The number of benzene rings is 1. The standard InChI is InChI=1S/C15H20FNO/c1-3-15(4-2)7-8-17(11-15)14-6-5-12(10-18)9-13(14)16/h5-6,9-10H,3-4,7-8,11H2,1-2H3. The molecule has 0 atom stereocenters. The van der Waals surface area contributed by atoms with Crippen molar-refractivity contribution in [2.75, 3.05) is 18.0 Å². The highest BCUT2D eigenvalue weighted by atomic mass is 19.1. The summed E-state index contributed by atoms with van der Waals surface area (Å²) in [5.41, 5.74) is 1.35. The predicted octanol–water partition coefficient (Wildman–Crippen LogP) is 3.65. The zero-order valence-corrected chi connectivity index (χ0v) is 11.1. The SMILES string of the molecule is CCC1(CC)CCN(c2ccc(C=O)cc2F)C1. The van der Waals surface area contributed by atoms with Crippen LogP contribution in [-0.4, -0.2) is 19.4 Å². The fourth-order valence-corrected chi connectivity index (χ4v) is 2.82. The van der Waals surface area contributed by atoms with Gasteiger partial charge >= 0.3 is 0 Å². The lowest BCUT2D eigenvalue weighted by Gasteiger charge is -2.27. The van der Waals surface area contributed by atoms with Crippen molar-refractivity contribution in [2.24, 2.45) is 5.41 Å². The van der Waals surface area contributed by atoms with Gasteiger partial charge in [-0.2, -0.15) is 0 Å². The van der Waals surface area contributed by atoms with Crippen molar-refractivity contribution in [3.63, 3.8) is 0 Å². The van der Waals surface area contributed by atoms with Crippen LogP contribution in [0.5, 0.6) is 0 Å². The van der Waals surface area contributed by atoms with Crippen LogP contribution >= 0.6 is 0 Å². The van der Waals surface area contributed by atoms with Crippen molar-refractivity contribution in [2.45, 2.75) is 33.1 Å². The van der Waals surface area contributed by atoms with E-state index in [9.17, 15) is 9.18 Å². The lowest BCUT2D eigenvalue weighted by molar-refractivity contribution is 0.112. The van der Waals surface area contributed by atoms with Crippen molar-refractivity contribution >= 4 is 12.0 Å². The number of hydrogen-bond acceptors (Lipinski definition) is 2. The summed E-state index contributed by atoms with van der Waals surface area (Å²) in [4.78, 5) is 12.7. The van der Waals surface area contributed by atoms with Crippen LogP contribution in [0.1, 0.15) is 43.5 Å². The number of hydrogen-bond donors (Lipinski definition) is 0. The molecular weight excluding hydrogens is 229 g/mol. The number of anilines is 1. The van der Waals surface area contributed by atoms with Crippen molar-refractivity contribution in [3.8, 4) is 0 Å². The number of nitrogens with zero attached hydrogens (tertiary/aromatic N) is 1. The Morgan fingerprint density at radius 2 is 2.11 bits per heavy atom. The molecule has 2 nitrogen and oxygen atoms in total. The van der Waals surface area contributed by atoms with Crippen molar-refractivity contribution in [1.82, 2.24) is 0 Å². The molecule has 1 heterocycles. The molecule has 1 fully saturated rings. The van der Waals surface area contributed by atoms with Crippen molar-refractivity contribution in [3.05, 3.63) is 29.6 Å². The van der Waals surface area contributed by atoms with Gasteiger partial charge in [0.1, 0.15) is 12.1 Å². The maximum Gasteiger partial charge on any atom is 0.150 e. The first kappa shape index (κ1) is 13.1. The molecular formula is C15H20FNO. The fourth-order valence-electron chi connectivity index (χ4n) is 2.82. The van der Waals surface area contributed by atoms with Gasteiger partial charge in [-0.15, -0.1) is 0 Å². The summed E-state index contributed by atoms with van der Waals surface area (Å²) in [5.74, 6) is -0.289. The van der Waals surface area contributed by atoms with E-state index in [0.717, 1.165) is 32.4 Å². The molecule has 0 N–H and O–H groups in total. The average molecular weight is 249 g/mol. The Kier molecular flexibility index (Phi) is 3.69. The van der Waals surface area contributed by atoms with E-state index in [1.54, 1.807) is 12.1 Å². The Labute approximate surface area is 108 Å². The van der Waals surface area contributed by atoms with Gasteiger partial charge < -0.3 is 4.90 Å². The maximum atomic E-state index is 13.9. The smallest absolute Gasteiger partial charge is 0.150 e. The molecule has 98 valence electrons. The predicted molar refractivity (Wildman–Crippen MR) is 71.6 cm³/mol. The van der Waals surface area contributed by atoms with Crippen LogP contribution in [0.3, 0.4) is 0 Å². The zero-order chi connectivity index (χ0) is 13.2. The molecule has 1 aliphatic heterocycles. The van der Waals surface area contributed by atoms with Crippen LogP contribution < -0.4 is 4.90 Å². The van der Waals surface area contributed by atoms with Gasteiger partial charge in [-0.3, -0.25) is 4.79 Å². The second kappa shape index (κ2) is 5.09. The second-order valence-electron chi connectivity index (χ2n) is 5.21. The van der Waals surface area contributed by atoms with Crippen LogP contribution in [0.15, 0.2) is 18.2 Å². The molecule has 1 saturated heterocycles. The fraction of sp³-hybridized carbons (Fsp3) is 0.533. The van der Waals surface area contributed by atoms with Crippen molar-refractivity contribution < 1.29 is 9.18 Å². The summed E-state index contributed by atoms with van der Waals surface area (Å²) in [6.07, 6.45) is 4.07. The molecule has 0 aliphatic carbocycles. The van der Waals surface area contributed by atoms with Crippen LogP contribution in [0.4, 0.5) is 10.1 Å². The van der Waals surface area contributed by atoms with Gasteiger partial charge in [0.15, 0.2) is 0 Å². The molecule has 18 heavy (non-hydrogen) atoms. The lowest BCUT2D eigenvalue weighted by atomic mass is 9.82. The zero-order valence-electron chi connectivity index (χ0n) is 11.1. The van der Waals surface area contributed by atoms with Crippen molar-refractivity contribution in [1.29, 1.82) is 0 Å². The minimum Gasteiger partial charge on any atom is -0.369 e. The Morgan fingerprint density at radius 3 is 2.61 bits per heavy atom. The quantitative estimate of drug-likeness (QED) is 0.759. The Morgan fingerprint density at radius 1 is 1.39 bits per heavy atom. The molecule has 0 radical (unpaired) electrons.